The van der Waals surface area contributed by atoms with Gasteiger partial charge in [0.25, 0.3) is 5.91 Å². The van der Waals surface area contributed by atoms with E-state index in [2.05, 4.69) is 4.98 Å². The van der Waals surface area contributed by atoms with Crippen LogP contribution in [0.1, 0.15) is 23.2 Å². The molecule has 2 rings (SSSR count). The van der Waals surface area contributed by atoms with E-state index in [0.717, 1.165) is 0 Å². The fourth-order valence-electron chi connectivity index (χ4n) is 1.97. The second-order valence-corrected chi connectivity index (χ2v) is 4.25. The van der Waals surface area contributed by atoms with Gasteiger partial charge in [0.05, 0.1) is 0 Å². The van der Waals surface area contributed by atoms with Crippen LogP contribution in [0.15, 0.2) is 18.3 Å². The van der Waals surface area contributed by atoms with Crippen LogP contribution in [0.5, 0.6) is 0 Å². The number of amides is 1. The van der Waals surface area contributed by atoms with Gasteiger partial charge in [0.1, 0.15) is 11.2 Å². The molecule has 1 aromatic heterocycles. The van der Waals surface area contributed by atoms with Gasteiger partial charge >= 0.3 is 5.97 Å². The number of rotatable bonds is 2. The number of aliphatic carboxylic acids is 1. The van der Waals surface area contributed by atoms with E-state index in [9.17, 15) is 9.59 Å². The summed E-state index contributed by atoms with van der Waals surface area (Å²) >= 11 is 5.70. The van der Waals surface area contributed by atoms with Crippen molar-refractivity contribution in [3.8, 4) is 0 Å². The summed E-state index contributed by atoms with van der Waals surface area (Å²) in [5, 5.41) is 9.23. The highest BCUT2D eigenvalue weighted by molar-refractivity contribution is 6.29. The molecule has 1 N–H and O–H groups in total. The van der Waals surface area contributed by atoms with Gasteiger partial charge < -0.3 is 10.0 Å². The first-order valence-corrected chi connectivity index (χ1v) is 5.62. The molecular weight excluding hydrogens is 244 g/mol. The summed E-state index contributed by atoms with van der Waals surface area (Å²) in [7, 11) is 0. The summed E-state index contributed by atoms with van der Waals surface area (Å²) in [4.78, 5) is 28.2. The maximum Gasteiger partial charge on any atom is 0.326 e. The van der Waals surface area contributed by atoms with Crippen molar-refractivity contribution in [1.82, 2.24) is 9.88 Å². The number of hydrogen-bond donors (Lipinski definition) is 1. The molecule has 0 aromatic carbocycles. The zero-order valence-corrected chi connectivity index (χ0v) is 9.72. The lowest BCUT2D eigenvalue weighted by molar-refractivity contribution is -0.141. The highest BCUT2D eigenvalue weighted by Gasteiger charge is 2.34. The van der Waals surface area contributed by atoms with Crippen LogP contribution in [0.4, 0.5) is 0 Å². The molecule has 1 fully saturated rings. The molecule has 1 aliphatic rings. The van der Waals surface area contributed by atoms with Crippen molar-refractivity contribution in [3.05, 3.63) is 29.0 Å². The highest BCUT2D eigenvalue weighted by atomic mass is 35.5. The van der Waals surface area contributed by atoms with Gasteiger partial charge in [-0.3, -0.25) is 4.79 Å². The molecule has 90 valence electrons. The topological polar surface area (TPSA) is 70.5 Å². The van der Waals surface area contributed by atoms with Gasteiger partial charge in [0, 0.05) is 18.3 Å². The minimum atomic E-state index is -0.962. The van der Waals surface area contributed by atoms with Crippen LogP contribution in [0.3, 0.4) is 0 Å². The summed E-state index contributed by atoms with van der Waals surface area (Å²) in [6.45, 7) is 0.468. The van der Waals surface area contributed by atoms with E-state index in [4.69, 9.17) is 16.7 Å². The van der Waals surface area contributed by atoms with Crippen LogP contribution in [0.2, 0.25) is 5.15 Å². The van der Waals surface area contributed by atoms with Gasteiger partial charge in [-0.2, -0.15) is 0 Å². The van der Waals surface area contributed by atoms with Crippen LogP contribution < -0.4 is 0 Å². The molecular formula is C11H11ClN2O3. The molecule has 1 unspecified atom stereocenters. The summed E-state index contributed by atoms with van der Waals surface area (Å²) in [6, 6.07) is 2.25. The van der Waals surface area contributed by atoms with Gasteiger partial charge in [-0.1, -0.05) is 11.6 Å². The fourth-order valence-corrected chi connectivity index (χ4v) is 2.14. The first-order valence-electron chi connectivity index (χ1n) is 5.25. The quantitative estimate of drug-likeness (QED) is 0.811. The molecule has 1 atom stereocenters. The molecule has 1 saturated heterocycles. The Morgan fingerprint density at radius 2 is 2.29 bits per heavy atom. The number of halogens is 1. The number of hydrogen-bond acceptors (Lipinski definition) is 3. The maximum absolute atomic E-state index is 12.1. The smallest absolute Gasteiger partial charge is 0.326 e. The fraction of sp³-hybridized carbons (Fsp3) is 0.364. The highest BCUT2D eigenvalue weighted by Crippen LogP contribution is 2.20. The molecule has 0 saturated carbocycles. The number of aromatic nitrogens is 1. The Morgan fingerprint density at radius 3 is 2.94 bits per heavy atom. The second kappa shape index (κ2) is 4.71. The van der Waals surface area contributed by atoms with E-state index in [1.807, 2.05) is 0 Å². The lowest BCUT2D eigenvalue weighted by atomic mass is 10.2. The predicted octanol–water partition coefficient (Wildman–Crippen LogP) is 1.42. The second-order valence-electron chi connectivity index (χ2n) is 3.86. The monoisotopic (exact) mass is 254 g/mol. The third kappa shape index (κ3) is 2.39. The van der Waals surface area contributed by atoms with Gasteiger partial charge in [-0.15, -0.1) is 0 Å². The first kappa shape index (κ1) is 11.9. The number of carboxylic acid groups (broad SMARTS) is 1. The normalized spacial score (nSPS) is 19.4. The molecule has 0 aliphatic carbocycles. The van der Waals surface area contributed by atoms with Crippen molar-refractivity contribution in [2.24, 2.45) is 0 Å². The molecule has 6 heteroatoms. The molecule has 17 heavy (non-hydrogen) atoms. The Hall–Kier alpha value is -1.62. The molecule has 1 aromatic rings. The Morgan fingerprint density at radius 1 is 1.53 bits per heavy atom. The van der Waals surface area contributed by atoms with E-state index in [1.165, 1.54) is 23.2 Å². The van der Waals surface area contributed by atoms with Crippen molar-refractivity contribution in [2.75, 3.05) is 6.54 Å². The van der Waals surface area contributed by atoms with Crippen molar-refractivity contribution in [2.45, 2.75) is 18.9 Å². The minimum Gasteiger partial charge on any atom is -0.480 e. The molecule has 2 heterocycles. The number of likely N-dealkylation sites (tertiary alicyclic amines) is 1. The summed E-state index contributed by atoms with van der Waals surface area (Å²) in [5.41, 5.74) is 0.373. The third-order valence-corrected chi connectivity index (χ3v) is 2.98. The molecule has 0 bridgehead atoms. The van der Waals surface area contributed by atoms with E-state index in [0.29, 0.717) is 24.9 Å². The van der Waals surface area contributed by atoms with Gasteiger partial charge in [-0.05, 0) is 25.0 Å². The number of carboxylic acids is 1. The van der Waals surface area contributed by atoms with Crippen molar-refractivity contribution >= 4 is 23.5 Å². The molecule has 0 radical (unpaired) electrons. The number of carbonyl (C=O) groups is 2. The van der Waals surface area contributed by atoms with Crippen LogP contribution in [0.25, 0.3) is 0 Å². The van der Waals surface area contributed by atoms with E-state index in [-0.39, 0.29) is 11.1 Å². The summed E-state index contributed by atoms with van der Waals surface area (Å²) < 4.78 is 0. The summed E-state index contributed by atoms with van der Waals surface area (Å²) in [6.07, 6.45) is 2.64. The van der Waals surface area contributed by atoms with E-state index in [1.54, 1.807) is 0 Å². The van der Waals surface area contributed by atoms with Crippen molar-refractivity contribution < 1.29 is 14.7 Å². The molecule has 0 spiro atoms. The van der Waals surface area contributed by atoms with Crippen LogP contribution in [-0.2, 0) is 4.79 Å². The van der Waals surface area contributed by atoms with Gasteiger partial charge in [-0.25, -0.2) is 9.78 Å². The molecule has 1 aliphatic heterocycles. The van der Waals surface area contributed by atoms with Crippen molar-refractivity contribution in [1.29, 1.82) is 0 Å². The first-order chi connectivity index (χ1) is 8.09. The average Bonchev–Trinajstić information content (AvgIpc) is 2.77. The third-order valence-electron chi connectivity index (χ3n) is 2.77. The van der Waals surface area contributed by atoms with Gasteiger partial charge in [0.2, 0.25) is 0 Å². The standard InChI is InChI=1S/C11H11ClN2O3/c12-9-6-7(3-4-13-9)10(15)14-5-1-2-8(14)11(16)17/h3-4,6,8H,1-2,5H2,(H,16,17). The molecule has 1 amide bonds. The average molecular weight is 255 g/mol. The Balaban J connectivity index is 2.23. The van der Waals surface area contributed by atoms with Crippen LogP contribution in [-0.4, -0.2) is 39.5 Å². The lowest BCUT2D eigenvalue weighted by Crippen LogP contribution is -2.40. The predicted molar refractivity (Wildman–Crippen MR) is 60.9 cm³/mol. The maximum atomic E-state index is 12.1. The largest absolute Gasteiger partial charge is 0.480 e. The Labute approximate surface area is 103 Å². The zero-order valence-electron chi connectivity index (χ0n) is 8.97. The Bertz CT molecular complexity index is 464. The number of carbonyl (C=O) groups excluding carboxylic acids is 1. The SMILES string of the molecule is O=C(O)C1CCCN1C(=O)c1ccnc(Cl)c1. The number of pyridine rings is 1. The van der Waals surface area contributed by atoms with Crippen LogP contribution >= 0.6 is 11.6 Å². The van der Waals surface area contributed by atoms with Crippen molar-refractivity contribution in [3.63, 3.8) is 0 Å². The van der Waals surface area contributed by atoms with E-state index >= 15 is 0 Å². The van der Waals surface area contributed by atoms with E-state index < -0.39 is 12.0 Å². The van der Waals surface area contributed by atoms with Gasteiger partial charge in [0.15, 0.2) is 0 Å². The number of nitrogens with zero attached hydrogens (tertiary/aromatic N) is 2. The lowest BCUT2D eigenvalue weighted by Gasteiger charge is -2.21. The Kier molecular flexibility index (Phi) is 3.28. The van der Waals surface area contributed by atoms with Crippen LogP contribution in [0, 0.1) is 0 Å². The zero-order chi connectivity index (χ0) is 12.4. The summed E-state index contributed by atoms with van der Waals surface area (Å²) in [5.74, 6) is -1.27. The minimum absolute atomic E-state index is 0.224. The molecule has 5 nitrogen and oxygen atoms in total.